The Kier molecular flexibility index (Phi) is 7.70. The van der Waals surface area contributed by atoms with E-state index in [1.165, 1.54) is 22.6 Å². The molecule has 5 unspecified atom stereocenters. The molecule has 3 fully saturated rings. The van der Waals surface area contributed by atoms with Crippen LogP contribution in [0.2, 0.25) is 0 Å². The highest BCUT2D eigenvalue weighted by Gasteiger charge is 2.54. The smallest absolute Gasteiger partial charge is 0.386 e. The zero-order chi connectivity index (χ0) is 32.5. The summed E-state index contributed by atoms with van der Waals surface area (Å²) in [4.78, 5) is 56.3. The zero-order valence-electron chi connectivity index (χ0n) is 23.4. The van der Waals surface area contributed by atoms with Gasteiger partial charge < -0.3 is 40.6 Å². The van der Waals surface area contributed by atoms with Gasteiger partial charge in [0.2, 0.25) is 5.95 Å². The number of imidazole rings is 2. The number of nitrogens with zero attached hydrogens (tertiary/aromatic N) is 7. The normalized spacial score (nSPS) is 37.1. The first-order chi connectivity index (χ1) is 21.9. The number of fused-ring (bicyclic) bond motifs is 5. The van der Waals surface area contributed by atoms with Gasteiger partial charge >= 0.3 is 15.6 Å². The molecule has 3 saturated heterocycles. The van der Waals surface area contributed by atoms with Crippen molar-refractivity contribution < 1.29 is 56.3 Å². The predicted octanol–water partition coefficient (Wildman–Crippen LogP) is -1.69. The fourth-order valence-corrected chi connectivity index (χ4v) is 7.46. The Bertz CT molecular complexity index is 1950. The second kappa shape index (κ2) is 11.4. The molecular weight excluding hydrogens is 662 g/mol. The van der Waals surface area contributed by atoms with Crippen LogP contribution in [0.3, 0.4) is 0 Å². The molecule has 0 aromatic carbocycles. The quantitative estimate of drug-likeness (QED) is 0.131. The molecule has 46 heavy (non-hydrogen) atoms. The van der Waals surface area contributed by atoms with Crippen LogP contribution in [0, 0.1) is 0 Å². The number of nitrogens with two attached hydrogens (primary N) is 2. The second-order valence-electron chi connectivity index (χ2n) is 10.3. The first kappa shape index (κ1) is 31.2. The number of nitrogen functional groups attached to an aromatic ring is 2. The number of rotatable bonds is 3. The van der Waals surface area contributed by atoms with E-state index in [0.29, 0.717) is 0 Å². The van der Waals surface area contributed by atoms with Gasteiger partial charge in [0.25, 0.3) is 5.56 Å². The average molecular weight is 688 g/mol. The number of methoxy groups -OCH3 is 1. The Morgan fingerprint density at radius 2 is 1.54 bits per heavy atom. The Morgan fingerprint density at radius 3 is 2.26 bits per heavy atom. The van der Waals surface area contributed by atoms with Gasteiger partial charge in [-0.15, -0.1) is 0 Å². The molecule has 0 aliphatic carbocycles. The zero-order valence-corrected chi connectivity index (χ0v) is 25.2. The molecule has 3 aliphatic rings. The van der Waals surface area contributed by atoms with Crippen molar-refractivity contribution in [3.63, 3.8) is 0 Å². The summed E-state index contributed by atoms with van der Waals surface area (Å²) in [5.74, 6) is -0.204. The van der Waals surface area contributed by atoms with Crippen molar-refractivity contribution in [2.75, 3.05) is 31.8 Å². The Balaban J connectivity index is 1.22. The highest BCUT2D eigenvalue weighted by atomic mass is 31.2. The highest BCUT2D eigenvalue weighted by Crippen LogP contribution is 2.54. The predicted molar refractivity (Wildman–Crippen MR) is 148 cm³/mol. The van der Waals surface area contributed by atoms with Gasteiger partial charge in [0.05, 0.1) is 25.9 Å². The third-order valence-corrected chi connectivity index (χ3v) is 9.54. The van der Waals surface area contributed by atoms with E-state index in [4.69, 9.17) is 43.8 Å². The summed E-state index contributed by atoms with van der Waals surface area (Å²) in [5.41, 5.74) is 11.0. The van der Waals surface area contributed by atoms with Gasteiger partial charge in [-0.05, 0) is 0 Å². The minimum Gasteiger partial charge on any atom is -0.386 e. The molecule has 3 aliphatic heterocycles. The van der Waals surface area contributed by atoms with Crippen molar-refractivity contribution in [1.82, 2.24) is 39.0 Å². The molecule has 8 N–H and O–H groups in total. The summed E-state index contributed by atoms with van der Waals surface area (Å²) in [7, 11) is -8.83. The number of aromatic amines is 1. The molecule has 4 aromatic rings. The third-order valence-electron chi connectivity index (χ3n) is 7.57. The highest BCUT2D eigenvalue weighted by molar-refractivity contribution is 7.47. The number of aromatic nitrogens is 8. The van der Waals surface area contributed by atoms with Crippen LogP contribution in [-0.2, 0) is 41.4 Å². The first-order valence-corrected chi connectivity index (χ1v) is 16.3. The van der Waals surface area contributed by atoms with Crippen LogP contribution in [0.4, 0.5) is 11.8 Å². The molecule has 10 atom stereocenters. The van der Waals surface area contributed by atoms with Gasteiger partial charge in [0.15, 0.2) is 35.1 Å². The van der Waals surface area contributed by atoms with Gasteiger partial charge in [-0.25, -0.2) is 29.1 Å². The van der Waals surface area contributed by atoms with E-state index in [2.05, 4.69) is 29.9 Å². The van der Waals surface area contributed by atoms with Crippen LogP contribution < -0.4 is 17.0 Å². The maximum Gasteiger partial charge on any atom is 0.472 e. The van der Waals surface area contributed by atoms with Gasteiger partial charge in [-0.1, -0.05) is 0 Å². The number of nitrogens with one attached hydrogen (secondary N) is 1. The number of ether oxygens (including phenoxy) is 3. The molecule has 0 saturated carbocycles. The van der Waals surface area contributed by atoms with Crippen LogP contribution in [-0.4, -0.2) is 111 Å². The monoisotopic (exact) mass is 688 g/mol. The van der Waals surface area contributed by atoms with Gasteiger partial charge in [-0.3, -0.25) is 37.0 Å². The van der Waals surface area contributed by atoms with Crippen LogP contribution in [0.15, 0.2) is 23.8 Å². The van der Waals surface area contributed by atoms with E-state index < -0.39 is 83.5 Å². The summed E-state index contributed by atoms with van der Waals surface area (Å²) < 4.78 is 67.7. The third kappa shape index (κ3) is 5.39. The second-order valence-corrected chi connectivity index (χ2v) is 13.2. The Labute approximate surface area is 255 Å². The van der Waals surface area contributed by atoms with Crippen molar-refractivity contribution in [2.24, 2.45) is 0 Å². The van der Waals surface area contributed by atoms with E-state index in [-0.39, 0.29) is 34.1 Å². The van der Waals surface area contributed by atoms with Crippen molar-refractivity contribution >= 4 is 49.7 Å². The lowest BCUT2D eigenvalue weighted by Crippen LogP contribution is -2.37. The molecule has 7 rings (SSSR count). The number of aliphatic hydroxyl groups is 1. The summed E-state index contributed by atoms with van der Waals surface area (Å²) in [6.45, 7) is -1.47. The van der Waals surface area contributed by atoms with Crippen molar-refractivity contribution in [3.05, 3.63) is 29.3 Å². The molecule has 0 amide bonds. The lowest BCUT2D eigenvalue weighted by atomic mass is 10.1. The van der Waals surface area contributed by atoms with E-state index >= 15 is 0 Å². The topological polar surface area (TPSA) is 319 Å². The number of aliphatic hydroxyl groups excluding tert-OH is 1. The summed E-state index contributed by atoms with van der Waals surface area (Å²) in [6, 6.07) is 0. The van der Waals surface area contributed by atoms with Gasteiger partial charge in [0.1, 0.15) is 48.5 Å². The van der Waals surface area contributed by atoms with E-state index in [1.807, 2.05) is 0 Å². The van der Waals surface area contributed by atoms with Crippen LogP contribution >= 0.6 is 15.6 Å². The number of hydrogen-bond donors (Lipinski definition) is 6. The first-order valence-electron chi connectivity index (χ1n) is 13.3. The number of H-pyrrole nitrogens is 1. The maximum absolute atomic E-state index is 13.4. The van der Waals surface area contributed by atoms with Gasteiger partial charge in [-0.2, -0.15) is 4.98 Å². The fraction of sp³-hybridized carbons (Fsp3) is 0.524. The summed E-state index contributed by atoms with van der Waals surface area (Å²) in [5, 5.41) is 11.2. The lowest BCUT2D eigenvalue weighted by Gasteiger charge is -2.26. The average Bonchev–Trinajstić information content (AvgIpc) is 3.75. The molecule has 0 spiro atoms. The van der Waals surface area contributed by atoms with Crippen molar-refractivity contribution in [1.29, 1.82) is 0 Å². The van der Waals surface area contributed by atoms with E-state index in [1.54, 1.807) is 0 Å². The van der Waals surface area contributed by atoms with E-state index in [9.17, 15) is 28.8 Å². The standard InChI is InChI=1S/C21H26N10O13P2/c1-38-13-8-3-40-45(34,35)43-12-7(41-19(11(12)32)30-5-26-9-15(22)24-4-25-16(9)30)2-39-46(36,37)44-14(13)20(42-8)31-6-27-10-17(31)28-21(23)29-18(10)33/h4-8,11-14,19-20,32H,2-3H2,1H3,(H,34,35)(H,36,37)(H2,22,24,25)(H3,23,28,29,33)/t7-,8-,11+,12?,13?,14?,19-,20-/m1/s1. The molecule has 0 radical (unpaired) electrons. The summed E-state index contributed by atoms with van der Waals surface area (Å²) >= 11 is 0. The number of hydrogen-bond acceptors (Lipinski definition) is 18. The SMILES string of the molecule is COC1C2OP(=O)(O)OC[C@H]3O[C@@H](n4cnc5c(N)ncnc54)[C@@H](O)C3OP(=O)(O)OC[C@H]1O[C@H]2n1cnc2c(=O)[nH]c(N)nc21. The largest absolute Gasteiger partial charge is 0.472 e. The molecule has 7 heterocycles. The van der Waals surface area contributed by atoms with Gasteiger partial charge in [0, 0.05) is 7.11 Å². The van der Waals surface area contributed by atoms with E-state index in [0.717, 1.165) is 12.7 Å². The Hall–Kier alpha value is -3.44. The number of phosphoric ester groups is 2. The molecule has 25 heteroatoms. The maximum atomic E-state index is 13.4. The van der Waals surface area contributed by atoms with Crippen LogP contribution in [0.5, 0.6) is 0 Å². The lowest BCUT2D eigenvalue weighted by molar-refractivity contribution is -0.0673. The number of phosphoric acid groups is 2. The Morgan fingerprint density at radius 1 is 0.913 bits per heavy atom. The van der Waals surface area contributed by atoms with Crippen LogP contribution in [0.25, 0.3) is 22.3 Å². The molecule has 248 valence electrons. The molecule has 23 nitrogen and oxygen atoms in total. The molecular formula is C21H26N10O13P2. The van der Waals surface area contributed by atoms with Crippen LogP contribution in [0.1, 0.15) is 12.5 Å². The van der Waals surface area contributed by atoms with Crippen molar-refractivity contribution in [2.45, 2.75) is 49.1 Å². The number of anilines is 2. The molecule has 2 bridgehead atoms. The fourth-order valence-electron chi connectivity index (χ4n) is 5.57. The molecule has 4 aromatic heterocycles. The summed E-state index contributed by atoms with van der Waals surface area (Å²) in [6.07, 6.45) is -7.85. The van der Waals surface area contributed by atoms with Crippen molar-refractivity contribution in [3.8, 4) is 0 Å². The minimum absolute atomic E-state index is 0.0456. The minimum atomic E-state index is -5.05.